The van der Waals surface area contributed by atoms with Crippen molar-refractivity contribution < 1.29 is 22.4 Å². The van der Waals surface area contributed by atoms with E-state index < -0.39 is 16.0 Å². The lowest BCUT2D eigenvalue weighted by atomic mass is 10.1. The zero-order valence-corrected chi connectivity index (χ0v) is 17.5. The van der Waals surface area contributed by atoms with Gasteiger partial charge in [0.25, 0.3) is 0 Å². The highest BCUT2D eigenvalue weighted by molar-refractivity contribution is 7.89. The minimum atomic E-state index is -3.85. The molecule has 2 heterocycles. The lowest BCUT2D eigenvalue weighted by molar-refractivity contribution is 0.0594. The maximum atomic E-state index is 13.2. The smallest absolute Gasteiger partial charge is 0.342 e. The summed E-state index contributed by atoms with van der Waals surface area (Å²) in [6.07, 6.45) is 0. The summed E-state index contributed by atoms with van der Waals surface area (Å²) in [6.45, 7) is 7.93. The summed E-state index contributed by atoms with van der Waals surface area (Å²) in [5.74, 6) is -0.243. The number of carbonyl (C=O) groups excluding carboxylic acids is 1. The quantitative estimate of drug-likeness (QED) is 0.710. The van der Waals surface area contributed by atoms with Crippen molar-refractivity contribution in [1.82, 2.24) is 9.21 Å². The number of sulfonamides is 1. The van der Waals surface area contributed by atoms with E-state index >= 15 is 0 Å². The van der Waals surface area contributed by atoms with Gasteiger partial charge < -0.3 is 9.15 Å². The van der Waals surface area contributed by atoms with Gasteiger partial charge in [-0.2, -0.15) is 4.31 Å². The third-order valence-corrected chi connectivity index (χ3v) is 7.06. The number of piperazine rings is 1. The van der Waals surface area contributed by atoms with Crippen molar-refractivity contribution in [2.45, 2.75) is 32.2 Å². The number of esters is 1. The molecule has 0 radical (unpaired) electrons. The number of methoxy groups -OCH3 is 1. The van der Waals surface area contributed by atoms with Gasteiger partial charge in [-0.25, -0.2) is 13.2 Å². The van der Waals surface area contributed by atoms with E-state index in [4.69, 9.17) is 9.15 Å². The molecule has 8 heteroatoms. The summed E-state index contributed by atoms with van der Waals surface area (Å²) in [6, 6.07) is 8.31. The van der Waals surface area contributed by atoms with E-state index in [9.17, 15) is 13.2 Å². The summed E-state index contributed by atoms with van der Waals surface area (Å²) < 4.78 is 38.0. The van der Waals surface area contributed by atoms with Crippen molar-refractivity contribution in [2.24, 2.45) is 0 Å². The van der Waals surface area contributed by atoms with Gasteiger partial charge in [-0.15, -0.1) is 0 Å². The van der Waals surface area contributed by atoms with Gasteiger partial charge in [-0.3, -0.25) is 4.90 Å². The first kappa shape index (κ1) is 20.6. The third kappa shape index (κ3) is 3.99. The Morgan fingerprint density at radius 2 is 1.79 bits per heavy atom. The fourth-order valence-electron chi connectivity index (χ4n) is 3.64. The van der Waals surface area contributed by atoms with Crippen molar-refractivity contribution in [3.8, 4) is 0 Å². The molecule has 0 N–H and O–H groups in total. The molecule has 0 amide bonds. The SMILES string of the molecule is COC(=O)c1c(C)oc(C)c1S(=O)(=O)N1CCN(Cc2cccc(C)c2)CC1. The second-order valence-corrected chi connectivity index (χ2v) is 8.95. The first-order chi connectivity index (χ1) is 13.2. The predicted octanol–water partition coefficient (Wildman–Crippen LogP) is 2.50. The molecule has 3 rings (SSSR count). The predicted molar refractivity (Wildman–Crippen MR) is 105 cm³/mol. The Balaban J connectivity index is 1.76. The number of aryl methyl sites for hydroxylation is 3. The fraction of sp³-hybridized carbons (Fsp3) is 0.450. The van der Waals surface area contributed by atoms with E-state index in [-0.39, 0.29) is 22.0 Å². The molecule has 0 aliphatic carbocycles. The molecule has 28 heavy (non-hydrogen) atoms. The molecular formula is C20H26N2O5S. The first-order valence-corrected chi connectivity index (χ1v) is 10.6. The molecule has 1 fully saturated rings. The van der Waals surface area contributed by atoms with E-state index in [1.807, 2.05) is 6.07 Å². The van der Waals surface area contributed by atoms with Gasteiger partial charge in [0.1, 0.15) is 22.0 Å². The minimum absolute atomic E-state index is 0.0119. The van der Waals surface area contributed by atoms with Crippen LogP contribution in [0.1, 0.15) is 33.0 Å². The number of carbonyl (C=O) groups is 1. The Labute approximate surface area is 165 Å². The second kappa shape index (κ2) is 8.06. The van der Waals surface area contributed by atoms with Gasteiger partial charge in [0.2, 0.25) is 10.0 Å². The summed E-state index contributed by atoms with van der Waals surface area (Å²) in [5, 5.41) is 0. The Kier molecular flexibility index (Phi) is 5.92. The van der Waals surface area contributed by atoms with Gasteiger partial charge >= 0.3 is 5.97 Å². The van der Waals surface area contributed by atoms with E-state index in [2.05, 4.69) is 30.0 Å². The standard InChI is InChI=1S/C20H26N2O5S/c1-14-6-5-7-17(12-14)13-21-8-10-22(11-9-21)28(24,25)19-16(3)27-15(2)18(19)20(23)26-4/h5-7,12H,8-11,13H2,1-4H3. The minimum Gasteiger partial charge on any atom is -0.465 e. The van der Waals surface area contributed by atoms with Crippen molar-refractivity contribution in [2.75, 3.05) is 33.3 Å². The molecule has 0 spiro atoms. The van der Waals surface area contributed by atoms with E-state index in [1.165, 1.54) is 22.5 Å². The van der Waals surface area contributed by atoms with Gasteiger partial charge in [0, 0.05) is 32.7 Å². The molecule has 1 aliphatic heterocycles. The van der Waals surface area contributed by atoms with Crippen LogP contribution in [0.4, 0.5) is 0 Å². The molecule has 152 valence electrons. The molecule has 7 nitrogen and oxygen atoms in total. The molecule has 2 aromatic rings. The molecule has 0 saturated carbocycles. The summed E-state index contributed by atoms with van der Waals surface area (Å²) in [5.41, 5.74) is 2.41. The Hall–Kier alpha value is -2.16. The van der Waals surface area contributed by atoms with Crippen molar-refractivity contribution in [3.05, 3.63) is 52.5 Å². The largest absolute Gasteiger partial charge is 0.465 e. The number of ether oxygens (including phenoxy) is 1. The number of hydrogen-bond donors (Lipinski definition) is 0. The molecular weight excluding hydrogens is 380 g/mol. The van der Waals surface area contributed by atoms with Gasteiger partial charge in [-0.05, 0) is 26.3 Å². The van der Waals surface area contributed by atoms with Crippen LogP contribution >= 0.6 is 0 Å². The lowest BCUT2D eigenvalue weighted by Gasteiger charge is -2.34. The Bertz CT molecular complexity index is 972. The second-order valence-electron chi connectivity index (χ2n) is 7.08. The Morgan fingerprint density at radius 1 is 1.11 bits per heavy atom. The molecule has 0 atom stereocenters. The topological polar surface area (TPSA) is 80.1 Å². The van der Waals surface area contributed by atoms with Crippen molar-refractivity contribution >= 4 is 16.0 Å². The summed E-state index contributed by atoms with van der Waals surface area (Å²) >= 11 is 0. The Morgan fingerprint density at radius 3 is 2.39 bits per heavy atom. The fourth-order valence-corrected chi connectivity index (χ4v) is 5.43. The van der Waals surface area contributed by atoms with Crippen LogP contribution in [0.3, 0.4) is 0 Å². The number of rotatable bonds is 5. The van der Waals surface area contributed by atoms with Crippen LogP contribution in [0.25, 0.3) is 0 Å². The molecule has 1 aromatic carbocycles. The van der Waals surface area contributed by atoms with Crippen molar-refractivity contribution in [3.63, 3.8) is 0 Å². The number of nitrogens with zero attached hydrogens (tertiary/aromatic N) is 2. The zero-order valence-electron chi connectivity index (χ0n) is 16.7. The van der Waals surface area contributed by atoms with Crippen LogP contribution < -0.4 is 0 Å². The summed E-state index contributed by atoms with van der Waals surface area (Å²) in [4.78, 5) is 14.3. The molecule has 1 aromatic heterocycles. The van der Waals surface area contributed by atoms with Crippen LogP contribution in [0, 0.1) is 20.8 Å². The zero-order chi connectivity index (χ0) is 20.5. The number of benzene rings is 1. The van der Waals surface area contributed by atoms with Crippen LogP contribution in [0.5, 0.6) is 0 Å². The van der Waals surface area contributed by atoms with Crippen LogP contribution in [-0.4, -0.2) is 56.9 Å². The molecule has 0 unspecified atom stereocenters. The van der Waals surface area contributed by atoms with E-state index in [1.54, 1.807) is 13.8 Å². The van der Waals surface area contributed by atoms with E-state index in [0.717, 1.165) is 6.54 Å². The third-order valence-electron chi connectivity index (χ3n) is 5.01. The highest BCUT2D eigenvalue weighted by Gasteiger charge is 2.37. The van der Waals surface area contributed by atoms with Crippen LogP contribution in [0.15, 0.2) is 33.6 Å². The van der Waals surface area contributed by atoms with Gasteiger partial charge in [0.05, 0.1) is 7.11 Å². The lowest BCUT2D eigenvalue weighted by Crippen LogP contribution is -2.48. The van der Waals surface area contributed by atoms with Gasteiger partial charge in [0.15, 0.2) is 0 Å². The average Bonchev–Trinajstić information content (AvgIpc) is 2.96. The molecule has 0 bridgehead atoms. The normalized spacial score (nSPS) is 16.3. The average molecular weight is 407 g/mol. The van der Waals surface area contributed by atoms with E-state index in [0.29, 0.717) is 26.2 Å². The maximum absolute atomic E-state index is 13.2. The maximum Gasteiger partial charge on any atom is 0.342 e. The monoisotopic (exact) mass is 406 g/mol. The van der Waals surface area contributed by atoms with Gasteiger partial charge in [-0.1, -0.05) is 29.8 Å². The van der Waals surface area contributed by atoms with Crippen molar-refractivity contribution in [1.29, 1.82) is 0 Å². The van der Waals surface area contributed by atoms with Crippen LogP contribution in [0.2, 0.25) is 0 Å². The highest BCUT2D eigenvalue weighted by atomic mass is 32.2. The number of hydrogen-bond acceptors (Lipinski definition) is 6. The number of furan rings is 1. The van der Waals surface area contributed by atoms with Crippen LogP contribution in [-0.2, 0) is 21.3 Å². The molecule has 1 saturated heterocycles. The first-order valence-electron chi connectivity index (χ1n) is 9.20. The molecule has 1 aliphatic rings. The highest BCUT2D eigenvalue weighted by Crippen LogP contribution is 2.30. The summed E-state index contributed by atoms with van der Waals surface area (Å²) in [7, 11) is -2.62.